The number of likely N-dealkylation sites (N-methyl/N-ethyl adjacent to an activating group) is 1. The minimum Gasteiger partial charge on any atom is -0.477 e. The molecule has 3 heterocycles. The minimum atomic E-state index is -0.920. The number of rotatable bonds is 3. The fourth-order valence-corrected chi connectivity index (χ4v) is 2.76. The Morgan fingerprint density at radius 1 is 1.53 bits per heavy atom. The van der Waals surface area contributed by atoms with Gasteiger partial charge in [-0.2, -0.15) is 0 Å². The van der Waals surface area contributed by atoms with Crippen LogP contribution in [0, 0.1) is 0 Å². The van der Waals surface area contributed by atoms with Gasteiger partial charge >= 0.3 is 5.97 Å². The van der Waals surface area contributed by atoms with E-state index in [9.17, 15) is 9.90 Å². The van der Waals surface area contributed by atoms with Crippen LogP contribution in [0.25, 0.3) is 5.65 Å². The number of aromatic carboxylic acids is 1. The van der Waals surface area contributed by atoms with E-state index in [1.54, 1.807) is 16.5 Å². The van der Waals surface area contributed by atoms with Gasteiger partial charge in [-0.05, 0) is 31.6 Å². The number of likely N-dealkylation sites (tertiary alicyclic amines) is 1. The second kappa shape index (κ2) is 4.66. The van der Waals surface area contributed by atoms with Crippen LogP contribution in [-0.2, 0) is 0 Å². The Morgan fingerprint density at radius 3 is 3.05 bits per heavy atom. The van der Waals surface area contributed by atoms with Gasteiger partial charge in [-0.15, -0.1) is 0 Å². The molecule has 1 N–H and O–H groups in total. The first-order chi connectivity index (χ1) is 9.19. The predicted octanol–water partition coefficient (Wildman–Crippen LogP) is 1.84. The van der Waals surface area contributed by atoms with Gasteiger partial charge in [-0.25, -0.2) is 9.78 Å². The molecule has 0 aromatic carbocycles. The van der Waals surface area contributed by atoms with Gasteiger partial charge in [-0.1, -0.05) is 13.0 Å². The molecule has 100 valence electrons. The molecule has 0 saturated carbocycles. The van der Waals surface area contributed by atoms with E-state index in [1.807, 2.05) is 12.3 Å². The van der Waals surface area contributed by atoms with E-state index in [4.69, 9.17) is 0 Å². The third-order valence-corrected chi connectivity index (χ3v) is 3.87. The van der Waals surface area contributed by atoms with Crippen LogP contribution >= 0.6 is 0 Å². The Kier molecular flexibility index (Phi) is 2.98. The molecule has 5 heteroatoms. The number of fused-ring (bicyclic) bond motifs is 1. The van der Waals surface area contributed by atoms with Crippen molar-refractivity contribution >= 4 is 11.6 Å². The van der Waals surface area contributed by atoms with Gasteiger partial charge in [0.05, 0.1) is 5.69 Å². The lowest BCUT2D eigenvalue weighted by Gasteiger charge is -2.11. The monoisotopic (exact) mass is 259 g/mol. The zero-order valence-corrected chi connectivity index (χ0v) is 10.9. The maximum absolute atomic E-state index is 11.2. The predicted molar refractivity (Wildman–Crippen MR) is 71.6 cm³/mol. The van der Waals surface area contributed by atoms with Gasteiger partial charge in [0.1, 0.15) is 11.3 Å². The highest BCUT2D eigenvalue weighted by Crippen LogP contribution is 2.26. The molecule has 0 spiro atoms. The van der Waals surface area contributed by atoms with Crippen molar-refractivity contribution in [3.8, 4) is 0 Å². The molecule has 0 bridgehead atoms. The smallest absolute Gasteiger partial charge is 0.352 e. The van der Waals surface area contributed by atoms with Crippen LogP contribution in [0.3, 0.4) is 0 Å². The second-order valence-corrected chi connectivity index (χ2v) is 4.99. The molecule has 2 aromatic heterocycles. The summed E-state index contributed by atoms with van der Waals surface area (Å²) in [5, 5.41) is 9.18. The highest BCUT2D eigenvalue weighted by atomic mass is 16.4. The van der Waals surface area contributed by atoms with Gasteiger partial charge in [-0.3, -0.25) is 4.40 Å². The second-order valence-electron chi connectivity index (χ2n) is 4.99. The summed E-state index contributed by atoms with van der Waals surface area (Å²) in [6.07, 6.45) is 2.97. The van der Waals surface area contributed by atoms with Gasteiger partial charge in [0, 0.05) is 18.7 Å². The first-order valence-corrected chi connectivity index (χ1v) is 6.62. The summed E-state index contributed by atoms with van der Waals surface area (Å²) in [5.74, 6) is -0.502. The van der Waals surface area contributed by atoms with Crippen LogP contribution in [0.4, 0.5) is 0 Å². The average molecular weight is 259 g/mol. The first kappa shape index (κ1) is 12.2. The van der Waals surface area contributed by atoms with E-state index in [0.717, 1.165) is 31.7 Å². The Balaban J connectivity index is 1.98. The van der Waals surface area contributed by atoms with Crippen LogP contribution in [0.2, 0.25) is 0 Å². The number of carboxylic acid groups (broad SMARTS) is 1. The van der Waals surface area contributed by atoms with E-state index < -0.39 is 5.97 Å². The Hall–Kier alpha value is -1.88. The van der Waals surface area contributed by atoms with Crippen molar-refractivity contribution in [1.82, 2.24) is 14.3 Å². The van der Waals surface area contributed by atoms with Crippen molar-refractivity contribution in [1.29, 1.82) is 0 Å². The minimum absolute atomic E-state index is 0.265. The van der Waals surface area contributed by atoms with E-state index in [0.29, 0.717) is 11.6 Å². The molecule has 1 saturated heterocycles. The highest BCUT2D eigenvalue weighted by Gasteiger charge is 2.25. The fraction of sp³-hybridized carbons (Fsp3) is 0.429. The summed E-state index contributed by atoms with van der Waals surface area (Å²) >= 11 is 0. The maximum Gasteiger partial charge on any atom is 0.352 e. The molecule has 0 radical (unpaired) electrons. The number of carbonyl (C=O) groups is 1. The summed E-state index contributed by atoms with van der Waals surface area (Å²) < 4.78 is 1.67. The molecule has 2 aromatic rings. The van der Waals surface area contributed by atoms with Crippen molar-refractivity contribution in [2.45, 2.75) is 19.3 Å². The molecule has 3 rings (SSSR count). The van der Waals surface area contributed by atoms with Crippen LogP contribution in [0.15, 0.2) is 24.4 Å². The lowest BCUT2D eigenvalue weighted by molar-refractivity contribution is 0.0689. The summed E-state index contributed by atoms with van der Waals surface area (Å²) in [5.41, 5.74) is 1.98. The van der Waals surface area contributed by atoms with E-state index in [2.05, 4.69) is 16.8 Å². The Morgan fingerprint density at radius 2 is 2.37 bits per heavy atom. The molecule has 5 nitrogen and oxygen atoms in total. The average Bonchev–Trinajstić information content (AvgIpc) is 3.03. The van der Waals surface area contributed by atoms with Gasteiger partial charge in [0.2, 0.25) is 0 Å². The fourth-order valence-electron chi connectivity index (χ4n) is 2.76. The summed E-state index contributed by atoms with van der Waals surface area (Å²) in [6.45, 7) is 5.34. The molecule has 0 aliphatic carbocycles. The first-order valence-electron chi connectivity index (χ1n) is 6.62. The summed E-state index contributed by atoms with van der Waals surface area (Å²) in [7, 11) is 0. The third-order valence-electron chi connectivity index (χ3n) is 3.87. The molecule has 1 aliphatic heterocycles. The van der Waals surface area contributed by atoms with E-state index >= 15 is 0 Å². The standard InChI is InChI=1S/C14H17N3O2/c1-2-16-7-6-10(8-16)11-9-17-12(14(18)19)4-3-5-13(17)15-11/h3-5,9-10H,2,6-8H2,1H3,(H,18,19). The molecule has 1 aliphatic rings. The lowest BCUT2D eigenvalue weighted by Crippen LogP contribution is -2.19. The van der Waals surface area contributed by atoms with Crippen molar-refractivity contribution < 1.29 is 9.90 Å². The number of nitrogens with zero attached hydrogens (tertiary/aromatic N) is 3. The summed E-state index contributed by atoms with van der Waals surface area (Å²) in [4.78, 5) is 18.2. The van der Waals surface area contributed by atoms with Gasteiger partial charge < -0.3 is 10.0 Å². The molecule has 1 unspecified atom stereocenters. The van der Waals surface area contributed by atoms with Gasteiger partial charge in [0.15, 0.2) is 0 Å². The Bertz CT molecular complexity index is 620. The molecule has 19 heavy (non-hydrogen) atoms. The van der Waals surface area contributed by atoms with Crippen LogP contribution in [0.5, 0.6) is 0 Å². The van der Waals surface area contributed by atoms with Crippen LogP contribution < -0.4 is 0 Å². The quantitative estimate of drug-likeness (QED) is 0.913. The maximum atomic E-state index is 11.2. The molecular weight excluding hydrogens is 242 g/mol. The zero-order valence-electron chi connectivity index (χ0n) is 10.9. The number of carboxylic acids is 1. The largest absolute Gasteiger partial charge is 0.477 e. The number of aromatic nitrogens is 2. The molecule has 1 atom stereocenters. The number of imidazole rings is 1. The van der Waals surface area contributed by atoms with E-state index in [1.165, 1.54) is 0 Å². The normalized spacial score (nSPS) is 20.2. The van der Waals surface area contributed by atoms with Crippen molar-refractivity contribution in [2.24, 2.45) is 0 Å². The topological polar surface area (TPSA) is 57.8 Å². The SMILES string of the molecule is CCN1CCC(c2cn3c(C(=O)O)cccc3n2)C1. The van der Waals surface area contributed by atoms with Crippen LogP contribution in [-0.4, -0.2) is 45.0 Å². The number of hydrogen-bond acceptors (Lipinski definition) is 3. The molecular formula is C14H17N3O2. The molecule has 1 fully saturated rings. The third kappa shape index (κ3) is 2.10. The van der Waals surface area contributed by atoms with Crippen molar-refractivity contribution in [3.05, 3.63) is 35.8 Å². The van der Waals surface area contributed by atoms with Crippen LogP contribution in [0.1, 0.15) is 35.4 Å². The number of pyridine rings is 1. The number of hydrogen-bond donors (Lipinski definition) is 1. The van der Waals surface area contributed by atoms with Crippen molar-refractivity contribution in [2.75, 3.05) is 19.6 Å². The highest BCUT2D eigenvalue weighted by molar-refractivity contribution is 5.86. The summed E-state index contributed by atoms with van der Waals surface area (Å²) in [6, 6.07) is 5.19. The lowest BCUT2D eigenvalue weighted by atomic mass is 10.1. The molecule has 0 amide bonds. The Labute approximate surface area is 111 Å². The van der Waals surface area contributed by atoms with Gasteiger partial charge in [0.25, 0.3) is 0 Å². The zero-order chi connectivity index (χ0) is 13.4. The van der Waals surface area contributed by atoms with E-state index in [-0.39, 0.29) is 5.69 Å². The van der Waals surface area contributed by atoms with Crippen molar-refractivity contribution in [3.63, 3.8) is 0 Å².